The van der Waals surface area contributed by atoms with Crippen LogP contribution in [0.15, 0.2) is 77.8 Å². The molecule has 0 aliphatic carbocycles. The van der Waals surface area contributed by atoms with E-state index in [1.54, 1.807) is 12.0 Å². The minimum absolute atomic E-state index is 0.0521. The molecule has 0 spiro atoms. The summed E-state index contributed by atoms with van der Waals surface area (Å²) in [5, 5.41) is 0. The first-order valence-corrected chi connectivity index (χ1v) is 11.5. The SMILES string of the molecule is COc1ccccc1CN1C(=O)C(CCOc2ccc(C(C)N=C(N)N)cc2)Oc2ccccc21. The molecule has 4 N–H and O–H groups in total. The van der Waals surface area contributed by atoms with Gasteiger partial charge in [0.25, 0.3) is 5.91 Å². The number of hydrogen-bond acceptors (Lipinski definition) is 5. The average Bonchev–Trinajstić information content (AvgIpc) is 2.86. The molecule has 3 aromatic carbocycles. The van der Waals surface area contributed by atoms with Crippen molar-refractivity contribution in [2.24, 2.45) is 16.5 Å². The quantitative estimate of drug-likeness (QED) is 0.360. The molecule has 1 heterocycles. The number of fused-ring (bicyclic) bond motifs is 1. The highest BCUT2D eigenvalue weighted by molar-refractivity contribution is 6.00. The van der Waals surface area contributed by atoms with Crippen molar-refractivity contribution in [2.45, 2.75) is 32.0 Å². The van der Waals surface area contributed by atoms with Gasteiger partial charge in [-0.3, -0.25) is 4.79 Å². The largest absolute Gasteiger partial charge is 0.496 e. The van der Waals surface area contributed by atoms with Crippen molar-refractivity contribution in [3.8, 4) is 17.2 Å². The average molecular weight is 475 g/mol. The molecule has 0 aromatic heterocycles. The van der Waals surface area contributed by atoms with E-state index < -0.39 is 6.10 Å². The maximum absolute atomic E-state index is 13.4. The van der Waals surface area contributed by atoms with Gasteiger partial charge in [-0.2, -0.15) is 0 Å². The maximum Gasteiger partial charge on any atom is 0.268 e. The second kappa shape index (κ2) is 10.8. The Hall–Kier alpha value is -4.20. The number of anilines is 1. The maximum atomic E-state index is 13.4. The van der Waals surface area contributed by atoms with Crippen LogP contribution in [0, 0.1) is 0 Å². The number of carbonyl (C=O) groups is 1. The van der Waals surface area contributed by atoms with Gasteiger partial charge in [0.2, 0.25) is 0 Å². The fourth-order valence-corrected chi connectivity index (χ4v) is 4.05. The summed E-state index contributed by atoms with van der Waals surface area (Å²) < 4.78 is 17.4. The lowest BCUT2D eigenvalue weighted by Gasteiger charge is -2.34. The van der Waals surface area contributed by atoms with E-state index in [1.807, 2.05) is 79.7 Å². The fourth-order valence-electron chi connectivity index (χ4n) is 4.05. The van der Waals surface area contributed by atoms with Gasteiger partial charge in [-0.25, -0.2) is 4.99 Å². The molecule has 0 fully saturated rings. The van der Waals surface area contributed by atoms with Crippen LogP contribution in [-0.2, 0) is 11.3 Å². The van der Waals surface area contributed by atoms with E-state index in [9.17, 15) is 4.79 Å². The van der Waals surface area contributed by atoms with Crippen LogP contribution >= 0.6 is 0 Å². The Balaban J connectivity index is 1.43. The second-order valence-electron chi connectivity index (χ2n) is 8.25. The van der Waals surface area contributed by atoms with Gasteiger partial charge in [-0.1, -0.05) is 42.5 Å². The smallest absolute Gasteiger partial charge is 0.268 e. The summed E-state index contributed by atoms with van der Waals surface area (Å²) in [6.07, 6.45) is -0.248. The number of hydrogen-bond donors (Lipinski definition) is 2. The standard InChI is InChI=1S/C27H30N4O4/c1-18(30-27(28)29)19-11-13-21(14-12-19)34-16-15-25-26(32)31(22-8-4-6-10-24(22)35-25)17-20-7-3-5-9-23(20)33-2/h3-14,18,25H,15-17H2,1-2H3,(H4,28,29,30). The summed E-state index contributed by atoms with van der Waals surface area (Å²) in [5.74, 6) is 2.04. The Bertz CT molecular complexity index is 1190. The van der Waals surface area contributed by atoms with Crippen LogP contribution in [-0.4, -0.2) is 31.7 Å². The number of guanidine groups is 1. The first-order valence-electron chi connectivity index (χ1n) is 11.5. The molecule has 4 rings (SSSR count). The van der Waals surface area contributed by atoms with Crippen molar-refractivity contribution in [3.63, 3.8) is 0 Å². The molecule has 182 valence electrons. The molecule has 1 aliphatic heterocycles. The van der Waals surface area contributed by atoms with Gasteiger partial charge in [0.1, 0.15) is 17.2 Å². The first kappa shape index (κ1) is 23.9. The highest BCUT2D eigenvalue weighted by Gasteiger charge is 2.34. The molecule has 3 aromatic rings. The summed E-state index contributed by atoms with van der Waals surface area (Å²) in [6.45, 7) is 2.62. The Morgan fingerprint density at radius 1 is 1.06 bits per heavy atom. The molecule has 8 nitrogen and oxygen atoms in total. The summed E-state index contributed by atoms with van der Waals surface area (Å²) in [6, 6.07) is 22.7. The summed E-state index contributed by atoms with van der Waals surface area (Å²) in [4.78, 5) is 19.3. The lowest BCUT2D eigenvalue weighted by Crippen LogP contribution is -2.46. The number of aliphatic imine (C=N–C) groups is 1. The van der Waals surface area contributed by atoms with Crippen LogP contribution in [0.1, 0.15) is 30.5 Å². The van der Waals surface area contributed by atoms with Gasteiger partial charge >= 0.3 is 0 Å². The number of para-hydroxylation sites is 3. The highest BCUT2D eigenvalue weighted by atomic mass is 16.5. The molecule has 2 unspecified atom stereocenters. The van der Waals surface area contributed by atoms with Gasteiger partial charge in [0.05, 0.1) is 32.0 Å². The molecule has 0 radical (unpaired) electrons. The van der Waals surface area contributed by atoms with Gasteiger partial charge < -0.3 is 30.6 Å². The van der Waals surface area contributed by atoms with E-state index in [4.69, 9.17) is 25.7 Å². The Labute approximate surface area is 205 Å². The third kappa shape index (κ3) is 5.66. The van der Waals surface area contributed by atoms with E-state index in [1.165, 1.54) is 0 Å². The molecule has 1 aliphatic rings. The van der Waals surface area contributed by atoms with Crippen molar-refractivity contribution >= 4 is 17.6 Å². The number of amides is 1. The Morgan fingerprint density at radius 3 is 2.51 bits per heavy atom. The lowest BCUT2D eigenvalue weighted by molar-refractivity contribution is -0.127. The summed E-state index contributed by atoms with van der Waals surface area (Å²) in [5.41, 5.74) is 13.6. The Morgan fingerprint density at radius 2 is 1.77 bits per heavy atom. The lowest BCUT2D eigenvalue weighted by atomic mass is 10.1. The molecular formula is C27H30N4O4. The van der Waals surface area contributed by atoms with Gasteiger partial charge in [-0.15, -0.1) is 0 Å². The zero-order chi connectivity index (χ0) is 24.8. The number of nitrogens with zero attached hydrogens (tertiary/aromatic N) is 2. The molecule has 0 saturated carbocycles. The third-order valence-corrected chi connectivity index (χ3v) is 5.84. The Kier molecular flexibility index (Phi) is 7.40. The minimum Gasteiger partial charge on any atom is -0.496 e. The molecule has 2 atom stereocenters. The van der Waals surface area contributed by atoms with Crippen molar-refractivity contribution in [3.05, 3.63) is 83.9 Å². The van der Waals surface area contributed by atoms with Crippen molar-refractivity contribution in [2.75, 3.05) is 18.6 Å². The highest BCUT2D eigenvalue weighted by Crippen LogP contribution is 2.36. The van der Waals surface area contributed by atoms with Crippen LogP contribution < -0.4 is 30.6 Å². The number of ether oxygens (including phenoxy) is 3. The van der Waals surface area contributed by atoms with E-state index in [0.717, 1.165) is 22.6 Å². The third-order valence-electron chi connectivity index (χ3n) is 5.84. The number of carbonyl (C=O) groups excluding carboxylic acids is 1. The topological polar surface area (TPSA) is 112 Å². The zero-order valence-electron chi connectivity index (χ0n) is 19.9. The predicted octanol–water partition coefficient (Wildman–Crippen LogP) is 3.79. The number of rotatable bonds is 9. The number of benzene rings is 3. The van der Waals surface area contributed by atoms with E-state index in [2.05, 4.69) is 4.99 Å². The fraction of sp³-hybridized carbons (Fsp3) is 0.259. The monoisotopic (exact) mass is 474 g/mol. The minimum atomic E-state index is -0.652. The summed E-state index contributed by atoms with van der Waals surface area (Å²) in [7, 11) is 1.63. The van der Waals surface area contributed by atoms with Gasteiger partial charge in [-0.05, 0) is 42.8 Å². The van der Waals surface area contributed by atoms with Gasteiger partial charge in [0, 0.05) is 12.0 Å². The summed E-state index contributed by atoms with van der Waals surface area (Å²) >= 11 is 0. The van der Waals surface area contributed by atoms with Crippen LogP contribution in [0.4, 0.5) is 5.69 Å². The predicted molar refractivity (Wildman–Crippen MR) is 136 cm³/mol. The first-order chi connectivity index (χ1) is 17.0. The van der Waals surface area contributed by atoms with Crippen LogP contribution in [0.5, 0.6) is 17.2 Å². The zero-order valence-corrected chi connectivity index (χ0v) is 19.9. The van der Waals surface area contributed by atoms with Crippen molar-refractivity contribution in [1.82, 2.24) is 0 Å². The van der Waals surface area contributed by atoms with Crippen LogP contribution in [0.3, 0.4) is 0 Å². The van der Waals surface area contributed by atoms with Crippen molar-refractivity contribution < 1.29 is 19.0 Å². The van der Waals surface area contributed by atoms with Crippen LogP contribution in [0.25, 0.3) is 0 Å². The van der Waals surface area contributed by atoms with Crippen molar-refractivity contribution in [1.29, 1.82) is 0 Å². The number of nitrogens with two attached hydrogens (primary N) is 2. The molecule has 8 heteroatoms. The molecule has 35 heavy (non-hydrogen) atoms. The van der Waals surface area contributed by atoms with E-state index >= 15 is 0 Å². The molecule has 0 bridgehead atoms. The molecule has 0 saturated heterocycles. The molecular weight excluding hydrogens is 444 g/mol. The second-order valence-corrected chi connectivity index (χ2v) is 8.25. The van der Waals surface area contributed by atoms with Gasteiger partial charge in [0.15, 0.2) is 12.1 Å². The van der Waals surface area contributed by atoms with E-state index in [0.29, 0.717) is 31.1 Å². The number of methoxy groups -OCH3 is 1. The van der Waals surface area contributed by atoms with Crippen LogP contribution in [0.2, 0.25) is 0 Å². The molecule has 1 amide bonds. The normalized spacial score (nSPS) is 15.5. The van der Waals surface area contributed by atoms with E-state index in [-0.39, 0.29) is 17.9 Å².